The molecule has 0 spiro atoms. The van der Waals surface area contributed by atoms with E-state index in [9.17, 15) is 4.79 Å². The van der Waals surface area contributed by atoms with Crippen molar-refractivity contribution in [2.45, 2.75) is 13.0 Å². The number of ether oxygens (including phenoxy) is 1. The molecule has 3 aromatic rings. The van der Waals surface area contributed by atoms with Crippen LogP contribution in [0.5, 0.6) is 5.75 Å². The highest BCUT2D eigenvalue weighted by Gasteiger charge is 2.22. The van der Waals surface area contributed by atoms with E-state index in [1.807, 2.05) is 35.2 Å². The van der Waals surface area contributed by atoms with Crippen molar-refractivity contribution in [1.82, 2.24) is 10.2 Å². The Kier molecular flexibility index (Phi) is 5.04. The minimum absolute atomic E-state index is 0.274. The van der Waals surface area contributed by atoms with Crippen LogP contribution in [-0.2, 0) is 13.0 Å². The third-order valence-electron chi connectivity index (χ3n) is 4.68. The molecular weight excluding hydrogens is 400 g/mol. The van der Waals surface area contributed by atoms with Gasteiger partial charge in [0.05, 0.1) is 12.1 Å². The highest BCUT2D eigenvalue weighted by atomic mass is 35.5. The maximum atomic E-state index is 12.8. The number of halogens is 1. The van der Waals surface area contributed by atoms with Crippen molar-refractivity contribution in [3.05, 3.63) is 63.5 Å². The summed E-state index contributed by atoms with van der Waals surface area (Å²) in [6.07, 6.45) is 0.912. The topological polar surface area (TPSA) is 41.6 Å². The fraction of sp³-hybridized carbons (Fsp3) is 0.200. The molecule has 138 valence electrons. The largest absolute Gasteiger partial charge is 0.497 e. The Labute approximate surface area is 171 Å². The van der Waals surface area contributed by atoms with Crippen LogP contribution in [0.25, 0.3) is 10.1 Å². The van der Waals surface area contributed by atoms with Crippen LogP contribution in [0.3, 0.4) is 0 Å². The molecule has 4 nitrogen and oxygen atoms in total. The van der Waals surface area contributed by atoms with E-state index in [1.54, 1.807) is 7.11 Å². The molecule has 0 fully saturated rings. The summed E-state index contributed by atoms with van der Waals surface area (Å²) in [5, 5.41) is 4.56. The highest BCUT2D eigenvalue weighted by Crippen LogP contribution is 2.37. The molecule has 0 aliphatic carbocycles. The van der Waals surface area contributed by atoms with Crippen LogP contribution in [0.15, 0.2) is 42.5 Å². The first-order valence-corrected chi connectivity index (χ1v) is 10.1. The first-order valence-electron chi connectivity index (χ1n) is 8.50. The maximum Gasteiger partial charge on any atom is 0.269 e. The van der Waals surface area contributed by atoms with Crippen LogP contribution in [0.2, 0.25) is 5.02 Å². The monoisotopic (exact) mass is 416 g/mol. The van der Waals surface area contributed by atoms with Crippen molar-refractivity contribution in [2.75, 3.05) is 13.7 Å². The lowest BCUT2D eigenvalue weighted by Crippen LogP contribution is -2.44. The lowest BCUT2D eigenvalue weighted by Gasteiger charge is -2.30. The first kappa shape index (κ1) is 18.2. The number of nitrogens with one attached hydrogen (secondary N) is 1. The van der Waals surface area contributed by atoms with Gasteiger partial charge in [0.2, 0.25) is 0 Å². The summed E-state index contributed by atoms with van der Waals surface area (Å²) >= 11 is 13.3. The number of rotatable bonds is 2. The lowest BCUT2D eigenvalue weighted by atomic mass is 10.0. The highest BCUT2D eigenvalue weighted by molar-refractivity contribution is 7.80. The summed E-state index contributed by atoms with van der Waals surface area (Å²) < 4.78 is 6.14. The molecule has 2 heterocycles. The molecule has 0 atom stereocenters. The third-order valence-corrected chi connectivity index (χ3v) is 6.70. The van der Waals surface area contributed by atoms with E-state index in [4.69, 9.17) is 28.6 Å². The molecule has 0 saturated carbocycles. The Morgan fingerprint density at radius 2 is 2.04 bits per heavy atom. The van der Waals surface area contributed by atoms with E-state index in [1.165, 1.54) is 22.5 Å². The van der Waals surface area contributed by atoms with E-state index in [2.05, 4.69) is 17.4 Å². The summed E-state index contributed by atoms with van der Waals surface area (Å²) in [4.78, 5) is 15.2. The normalized spacial score (nSPS) is 13.3. The number of thiophene rings is 1. The second kappa shape index (κ2) is 7.46. The smallest absolute Gasteiger partial charge is 0.269 e. The molecule has 7 heteroatoms. The number of carbonyl (C=O) groups excluding carboxylic acids is 1. The molecule has 1 aliphatic heterocycles. The van der Waals surface area contributed by atoms with E-state index in [0.29, 0.717) is 21.6 Å². The average Bonchev–Trinajstić information content (AvgIpc) is 3.03. The lowest BCUT2D eigenvalue weighted by molar-refractivity contribution is 0.0977. The van der Waals surface area contributed by atoms with Crippen LogP contribution in [0.4, 0.5) is 0 Å². The number of fused-ring (bicyclic) bond motifs is 2. The van der Waals surface area contributed by atoms with Gasteiger partial charge in [-0.05, 0) is 48.0 Å². The second-order valence-electron chi connectivity index (χ2n) is 6.31. The van der Waals surface area contributed by atoms with E-state index in [0.717, 1.165) is 28.8 Å². The Morgan fingerprint density at radius 3 is 2.81 bits per heavy atom. The summed E-state index contributed by atoms with van der Waals surface area (Å²) in [7, 11) is 1.61. The molecule has 1 amide bonds. The van der Waals surface area contributed by atoms with Gasteiger partial charge in [0.15, 0.2) is 5.11 Å². The third kappa shape index (κ3) is 3.52. The van der Waals surface area contributed by atoms with Crippen molar-refractivity contribution in [3.8, 4) is 5.75 Å². The summed E-state index contributed by atoms with van der Waals surface area (Å²) in [5.74, 6) is 0.457. The summed E-state index contributed by atoms with van der Waals surface area (Å²) in [6.45, 7) is 1.49. The molecule has 0 saturated heterocycles. The Hall–Kier alpha value is -2.15. The van der Waals surface area contributed by atoms with Crippen LogP contribution in [-0.4, -0.2) is 29.6 Å². The number of nitrogens with zero attached hydrogens (tertiary/aromatic N) is 1. The van der Waals surface area contributed by atoms with E-state index in [-0.39, 0.29) is 5.91 Å². The van der Waals surface area contributed by atoms with Crippen molar-refractivity contribution in [3.63, 3.8) is 0 Å². The SMILES string of the molecule is COc1ccc2c(Cl)c(C(=O)NC(=S)N3CCc4ccccc4C3)sc2c1. The van der Waals surface area contributed by atoms with Gasteiger partial charge in [-0.1, -0.05) is 35.9 Å². The molecule has 2 aromatic carbocycles. The van der Waals surface area contributed by atoms with Gasteiger partial charge in [-0.3, -0.25) is 10.1 Å². The van der Waals surface area contributed by atoms with Gasteiger partial charge in [0, 0.05) is 23.2 Å². The molecule has 0 unspecified atom stereocenters. The second-order valence-corrected chi connectivity index (χ2v) is 8.12. The first-order chi connectivity index (χ1) is 13.1. The number of hydrogen-bond acceptors (Lipinski definition) is 4. The van der Waals surface area contributed by atoms with Gasteiger partial charge in [-0.15, -0.1) is 11.3 Å². The van der Waals surface area contributed by atoms with E-state index < -0.39 is 0 Å². The molecule has 1 aromatic heterocycles. The van der Waals surface area contributed by atoms with Crippen molar-refractivity contribution < 1.29 is 9.53 Å². The molecule has 4 rings (SSSR count). The zero-order chi connectivity index (χ0) is 19.0. The van der Waals surface area contributed by atoms with Crippen LogP contribution < -0.4 is 10.1 Å². The summed E-state index contributed by atoms with van der Waals surface area (Å²) in [6, 6.07) is 13.9. The van der Waals surface area contributed by atoms with Crippen LogP contribution >= 0.6 is 35.2 Å². The van der Waals surface area contributed by atoms with Crippen LogP contribution in [0.1, 0.15) is 20.8 Å². The Morgan fingerprint density at radius 1 is 1.26 bits per heavy atom. The zero-order valence-corrected chi connectivity index (χ0v) is 17.0. The quantitative estimate of drug-likeness (QED) is 0.618. The maximum absolute atomic E-state index is 12.8. The molecular formula is C20H17ClN2O2S2. The van der Waals surface area contributed by atoms with Gasteiger partial charge >= 0.3 is 0 Å². The number of hydrogen-bond donors (Lipinski definition) is 1. The predicted octanol–water partition coefficient (Wildman–Crippen LogP) is 4.64. The van der Waals surface area contributed by atoms with Crippen molar-refractivity contribution in [2.24, 2.45) is 0 Å². The zero-order valence-electron chi connectivity index (χ0n) is 14.6. The number of thiocarbonyl (C=S) groups is 1. The van der Waals surface area contributed by atoms with Gasteiger partial charge in [-0.2, -0.15) is 0 Å². The number of amides is 1. The summed E-state index contributed by atoms with van der Waals surface area (Å²) in [5.41, 5.74) is 2.58. The van der Waals surface area contributed by atoms with Gasteiger partial charge in [0.25, 0.3) is 5.91 Å². The fourth-order valence-corrected chi connectivity index (χ4v) is 4.91. The van der Waals surface area contributed by atoms with Crippen molar-refractivity contribution >= 4 is 56.3 Å². The molecule has 0 bridgehead atoms. The predicted molar refractivity (Wildman–Crippen MR) is 114 cm³/mol. The van der Waals surface area contributed by atoms with Crippen LogP contribution in [0, 0.1) is 0 Å². The molecule has 1 aliphatic rings. The van der Waals surface area contributed by atoms with Crippen molar-refractivity contribution in [1.29, 1.82) is 0 Å². The minimum atomic E-state index is -0.274. The molecule has 0 radical (unpaired) electrons. The fourth-order valence-electron chi connectivity index (χ4n) is 3.22. The number of benzene rings is 2. The Balaban J connectivity index is 1.51. The molecule has 27 heavy (non-hydrogen) atoms. The minimum Gasteiger partial charge on any atom is -0.497 e. The van der Waals surface area contributed by atoms with Gasteiger partial charge in [-0.25, -0.2) is 0 Å². The molecule has 1 N–H and O–H groups in total. The number of carbonyl (C=O) groups is 1. The van der Waals surface area contributed by atoms with Gasteiger partial charge < -0.3 is 9.64 Å². The Bertz CT molecular complexity index is 1050. The van der Waals surface area contributed by atoms with Gasteiger partial charge in [0.1, 0.15) is 10.6 Å². The van der Waals surface area contributed by atoms with E-state index >= 15 is 0 Å². The average molecular weight is 417 g/mol. The number of methoxy groups -OCH3 is 1. The standard InChI is InChI=1S/C20H17ClN2O2S2/c1-25-14-6-7-15-16(10-14)27-18(17(15)21)19(24)22-20(26)23-9-8-12-4-2-3-5-13(12)11-23/h2-7,10H,8-9,11H2,1H3,(H,22,24,26).